The van der Waals surface area contributed by atoms with Gasteiger partial charge in [-0.05, 0) is 69.1 Å². The van der Waals surface area contributed by atoms with Crippen molar-refractivity contribution in [3.8, 4) is 0 Å². The molecule has 0 aromatic heterocycles. The van der Waals surface area contributed by atoms with Crippen LogP contribution in [0.25, 0.3) is 0 Å². The lowest BCUT2D eigenvalue weighted by Gasteiger charge is -2.21. The maximum Gasteiger partial charge on any atom is 0.472 e. The van der Waals surface area contributed by atoms with Crippen molar-refractivity contribution in [2.45, 2.75) is 336 Å². The lowest BCUT2D eigenvalue weighted by atomic mass is 10.0. The number of hydrogen-bond donors (Lipinski definition) is 3. The minimum atomic E-state index is -4.96. The van der Waals surface area contributed by atoms with Gasteiger partial charge in [-0.25, -0.2) is 9.13 Å². The van der Waals surface area contributed by atoms with Crippen molar-refractivity contribution in [1.29, 1.82) is 0 Å². The molecule has 0 saturated carbocycles. The normalized spacial score (nSPS) is 14.4. The van der Waals surface area contributed by atoms with Crippen molar-refractivity contribution < 1.29 is 80.2 Å². The van der Waals surface area contributed by atoms with Gasteiger partial charge in [0.05, 0.1) is 26.4 Å². The first-order valence-corrected chi connectivity index (χ1v) is 38.2. The molecule has 0 radical (unpaired) electrons. The van der Waals surface area contributed by atoms with Gasteiger partial charge in [-0.2, -0.15) is 0 Å². The molecule has 0 saturated heterocycles. The smallest absolute Gasteiger partial charge is 0.462 e. The zero-order valence-electron chi connectivity index (χ0n) is 56.7. The van der Waals surface area contributed by atoms with Crippen LogP contribution in [0.3, 0.4) is 0 Å². The second-order valence-corrected chi connectivity index (χ2v) is 28.6. The molecule has 0 bridgehead atoms. The predicted octanol–water partition coefficient (Wildman–Crippen LogP) is 19.0. The lowest BCUT2D eigenvalue weighted by molar-refractivity contribution is -0.161. The highest BCUT2D eigenvalue weighted by Crippen LogP contribution is 2.45. The Morgan fingerprint density at radius 1 is 0.352 bits per heavy atom. The first-order valence-electron chi connectivity index (χ1n) is 35.2. The Balaban J connectivity index is 5.27. The van der Waals surface area contributed by atoms with Crippen LogP contribution in [-0.2, 0) is 65.4 Å². The number of rotatable bonds is 65. The highest BCUT2D eigenvalue weighted by Gasteiger charge is 2.30. The van der Waals surface area contributed by atoms with Gasteiger partial charge in [0, 0.05) is 25.7 Å². The van der Waals surface area contributed by atoms with Gasteiger partial charge in [0.1, 0.15) is 19.3 Å². The maximum atomic E-state index is 13.0. The first kappa shape index (κ1) is 85.5. The molecule has 3 N–H and O–H groups in total. The number of aliphatic hydroxyl groups excluding tert-OH is 1. The summed E-state index contributed by atoms with van der Waals surface area (Å²) in [5, 5.41) is 10.6. The third-order valence-corrected chi connectivity index (χ3v) is 17.2. The Bertz CT molecular complexity index is 1830. The van der Waals surface area contributed by atoms with E-state index >= 15 is 0 Å². The van der Waals surface area contributed by atoms with E-state index in [1.165, 1.54) is 103 Å². The van der Waals surface area contributed by atoms with Gasteiger partial charge in [-0.3, -0.25) is 37.3 Å². The highest BCUT2D eigenvalue weighted by molar-refractivity contribution is 7.47. The predicted molar refractivity (Wildman–Crippen MR) is 354 cm³/mol. The molecule has 0 amide bonds. The molecular weight excluding hydrogens is 1160 g/mol. The molecule has 0 aromatic rings. The number of ether oxygens (including phenoxy) is 4. The Morgan fingerprint density at radius 2 is 0.614 bits per heavy atom. The van der Waals surface area contributed by atoms with Gasteiger partial charge in [-0.1, -0.05) is 265 Å². The summed E-state index contributed by atoms with van der Waals surface area (Å²) in [5.74, 6) is -0.0302. The van der Waals surface area contributed by atoms with Crippen LogP contribution in [0.2, 0.25) is 0 Å². The van der Waals surface area contributed by atoms with E-state index in [1.807, 2.05) is 0 Å². The van der Waals surface area contributed by atoms with Crippen molar-refractivity contribution in [2.24, 2.45) is 17.8 Å². The van der Waals surface area contributed by atoms with Gasteiger partial charge in [-0.15, -0.1) is 0 Å². The fraction of sp³-hybridized carbons (Fsp3) is 0.884. The number of carbonyl (C=O) groups is 4. The number of esters is 4. The Hall–Kier alpha value is -2.46. The first-order chi connectivity index (χ1) is 42.2. The Morgan fingerprint density at radius 3 is 0.920 bits per heavy atom. The van der Waals surface area contributed by atoms with Crippen LogP contribution in [0.5, 0.6) is 0 Å². The molecule has 0 fully saturated rings. The molecule has 5 atom stereocenters. The Labute approximate surface area is 535 Å². The van der Waals surface area contributed by atoms with Crippen molar-refractivity contribution in [3.63, 3.8) is 0 Å². The largest absolute Gasteiger partial charge is 0.472 e. The molecule has 0 aliphatic heterocycles. The molecule has 518 valence electrons. The fourth-order valence-corrected chi connectivity index (χ4v) is 11.4. The van der Waals surface area contributed by atoms with E-state index in [9.17, 15) is 43.2 Å². The van der Waals surface area contributed by atoms with Gasteiger partial charge in [0.15, 0.2) is 12.2 Å². The maximum absolute atomic E-state index is 13.0. The molecule has 0 aliphatic carbocycles. The van der Waals surface area contributed by atoms with Crippen molar-refractivity contribution >= 4 is 39.5 Å². The number of carbonyl (C=O) groups excluding carboxylic acids is 4. The van der Waals surface area contributed by atoms with Crippen molar-refractivity contribution in [2.75, 3.05) is 39.6 Å². The lowest BCUT2D eigenvalue weighted by Crippen LogP contribution is -2.30. The summed E-state index contributed by atoms with van der Waals surface area (Å²) in [7, 11) is -9.91. The molecule has 0 rings (SSSR count). The fourth-order valence-electron chi connectivity index (χ4n) is 9.82. The zero-order valence-corrected chi connectivity index (χ0v) is 58.5. The molecular formula is C69H130O17P2. The quantitative estimate of drug-likeness (QED) is 0.0169. The number of phosphoric ester groups is 2. The molecule has 0 spiro atoms. The van der Waals surface area contributed by atoms with Crippen LogP contribution < -0.4 is 0 Å². The van der Waals surface area contributed by atoms with Crippen LogP contribution in [0.4, 0.5) is 0 Å². The molecule has 3 unspecified atom stereocenters. The number of hydrogen-bond acceptors (Lipinski definition) is 15. The zero-order chi connectivity index (χ0) is 65.2. The summed E-state index contributed by atoms with van der Waals surface area (Å²) >= 11 is 0. The molecule has 0 aliphatic rings. The van der Waals surface area contributed by atoms with E-state index in [-0.39, 0.29) is 25.7 Å². The summed E-state index contributed by atoms with van der Waals surface area (Å²) in [6, 6.07) is 0. The molecule has 88 heavy (non-hydrogen) atoms. The van der Waals surface area contributed by atoms with E-state index in [2.05, 4.69) is 72.8 Å². The van der Waals surface area contributed by atoms with Crippen LogP contribution in [0, 0.1) is 17.8 Å². The van der Waals surface area contributed by atoms with E-state index < -0.39 is 97.5 Å². The second-order valence-electron chi connectivity index (χ2n) is 25.7. The van der Waals surface area contributed by atoms with E-state index in [0.29, 0.717) is 37.5 Å². The summed E-state index contributed by atoms with van der Waals surface area (Å²) < 4.78 is 68.1. The molecule has 0 aromatic carbocycles. The average molecular weight is 1290 g/mol. The number of phosphoric acid groups is 2. The van der Waals surface area contributed by atoms with Crippen LogP contribution in [0.15, 0.2) is 24.3 Å². The molecule has 19 heteroatoms. The van der Waals surface area contributed by atoms with E-state index in [1.54, 1.807) is 0 Å². The number of unbranched alkanes of at least 4 members (excludes halogenated alkanes) is 30. The van der Waals surface area contributed by atoms with Crippen LogP contribution in [0.1, 0.15) is 318 Å². The standard InChI is InChI=1S/C69H130O17P2/c1-8-9-10-11-12-13-14-15-16-17-20-23-28-36-43-50-66(71)79-56-64(85-68(73)52-45-38-29-24-21-18-19-22-26-33-40-47-60(2)3)58-83-87(75,76)81-54-63(70)55-82-88(77,78)84-59-65(86-69(74)53-46-39-32-31-35-42-49-62(6)7)57-80-67(72)51-44-37-30-25-27-34-41-48-61(4)5/h13-16,60-65,70H,8-12,17-59H2,1-7H3,(H,75,76)(H,77,78)/b14-13-,16-15-/t63?,64-,65-/m1/s1. The SMILES string of the molecule is CCCCCC/C=C\C=C/CCCCCCCC(=O)OC[C@H](COP(=O)(O)OCC(O)COP(=O)(O)OC[C@@H](COC(=O)CCCCCCCCCC(C)C)OC(=O)CCCCCCCCC(C)C)OC(=O)CCCCCCCCCCCCCC(C)C. The van der Waals surface area contributed by atoms with Gasteiger partial charge >= 0.3 is 39.5 Å². The third kappa shape index (κ3) is 62.4. The number of aliphatic hydroxyl groups is 1. The summed E-state index contributed by atoms with van der Waals surface area (Å²) in [6.07, 6.45) is 45.5. The minimum Gasteiger partial charge on any atom is -0.462 e. The van der Waals surface area contributed by atoms with E-state index in [0.717, 1.165) is 121 Å². The van der Waals surface area contributed by atoms with Crippen molar-refractivity contribution in [3.05, 3.63) is 24.3 Å². The van der Waals surface area contributed by atoms with Gasteiger partial charge in [0.25, 0.3) is 0 Å². The Kier molecular flexibility index (Phi) is 57.9. The van der Waals surface area contributed by atoms with Crippen LogP contribution in [-0.4, -0.2) is 96.7 Å². The second kappa shape index (κ2) is 59.5. The van der Waals surface area contributed by atoms with E-state index in [4.69, 9.17) is 37.0 Å². The van der Waals surface area contributed by atoms with Crippen LogP contribution >= 0.6 is 15.6 Å². The topological polar surface area (TPSA) is 237 Å². The summed E-state index contributed by atoms with van der Waals surface area (Å²) in [6.45, 7) is 11.6. The monoisotopic (exact) mass is 1290 g/mol. The average Bonchev–Trinajstić information content (AvgIpc) is 3.69. The van der Waals surface area contributed by atoms with Gasteiger partial charge < -0.3 is 33.8 Å². The number of allylic oxidation sites excluding steroid dienone is 4. The van der Waals surface area contributed by atoms with Gasteiger partial charge in [0.2, 0.25) is 0 Å². The molecule has 17 nitrogen and oxygen atoms in total. The highest BCUT2D eigenvalue weighted by atomic mass is 31.2. The molecule has 0 heterocycles. The summed E-state index contributed by atoms with van der Waals surface area (Å²) in [4.78, 5) is 72.4. The minimum absolute atomic E-state index is 0.0986. The van der Waals surface area contributed by atoms with Crippen molar-refractivity contribution in [1.82, 2.24) is 0 Å². The summed E-state index contributed by atoms with van der Waals surface area (Å²) in [5.41, 5.74) is 0. The third-order valence-electron chi connectivity index (χ3n) is 15.3.